The fraction of sp³-hybridized carbons (Fsp3) is 0.278. The largest absolute Gasteiger partial charge is 0.355 e. The third-order valence-electron chi connectivity index (χ3n) is 3.81. The van der Waals surface area contributed by atoms with Crippen LogP contribution >= 0.6 is 23.1 Å². The van der Waals surface area contributed by atoms with Crippen molar-refractivity contribution in [3.63, 3.8) is 0 Å². The summed E-state index contributed by atoms with van der Waals surface area (Å²) in [6, 6.07) is 8.43. The lowest BCUT2D eigenvalue weighted by Gasteiger charge is -2.07. The Kier molecular flexibility index (Phi) is 6.40. The van der Waals surface area contributed by atoms with E-state index in [1.54, 1.807) is 30.0 Å². The zero-order valence-electron chi connectivity index (χ0n) is 14.0. The minimum atomic E-state index is -0.203. The summed E-state index contributed by atoms with van der Waals surface area (Å²) in [5.41, 5.74) is 0.545. The van der Waals surface area contributed by atoms with E-state index in [2.05, 4.69) is 10.3 Å². The zero-order valence-corrected chi connectivity index (χ0v) is 15.6. The highest BCUT2D eigenvalue weighted by molar-refractivity contribution is 7.98. The number of nitrogens with zero attached hydrogens (tertiary/aromatic N) is 2. The lowest BCUT2D eigenvalue weighted by Crippen LogP contribution is -2.28. The lowest BCUT2D eigenvalue weighted by atomic mass is 10.2. The van der Waals surface area contributed by atoms with Crippen molar-refractivity contribution in [3.8, 4) is 0 Å². The molecule has 1 amide bonds. The predicted octanol–water partition coefficient (Wildman–Crippen LogP) is 3.04. The molecule has 0 aliphatic carbocycles. The molecule has 0 unspecified atom stereocenters. The van der Waals surface area contributed by atoms with Gasteiger partial charge in [-0.15, -0.1) is 11.3 Å². The molecule has 0 fully saturated rings. The fourth-order valence-electron chi connectivity index (χ4n) is 2.42. The van der Waals surface area contributed by atoms with E-state index in [9.17, 15) is 14.0 Å². The van der Waals surface area contributed by atoms with Gasteiger partial charge in [-0.2, -0.15) is 11.8 Å². The molecule has 5 nitrogen and oxygen atoms in total. The minimum Gasteiger partial charge on any atom is -0.355 e. The summed E-state index contributed by atoms with van der Waals surface area (Å²) in [7, 11) is 0. The standard InChI is InChI=1S/C18H18FN3O2S2/c19-15-4-2-1-3-13(15)11-25-10-7-20-16(23)5-8-22-12-21-17-14(18(22)24)6-9-26-17/h1-4,6,9,12H,5,7-8,10-11H2,(H,20,23). The maximum absolute atomic E-state index is 13.5. The van der Waals surface area contributed by atoms with Crippen LogP contribution in [0.15, 0.2) is 46.8 Å². The zero-order chi connectivity index (χ0) is 18.4. The molecule has 0 spiro atoms. The van der Waals surface area contributed by atoms with Crippen LogP contribution in [-0.4, -0.2) is 27.8 Å². The van der Waals surface area contributed by atoms with Crippen LogP contribution in [0.2, 0.25) is 0 Å². The first-order valence-corrected chi connectivity index (χ1v) is 10.2. The van der Waals surface area contributed by atoms with E-state index in [0.717, 1.165) is 0 Å². The average Bonchev–Trinajstić information content (AvgIpc) is 3.12. The van der Waals surface area contributed by atoms with Crippen molar-refractivity contribution >= 4 is 39.2 Å². The Morgan fingerprint density at radius 2 is 2.15 bits per heavy atom. The number of amides is 1. The molecule has 0 saturated heterocycles. The van der Waals surface area contributed by atoms with Gasteiger partial charge in [0.05, 0.1) is 11.7 Å². The van der Waals surface area contributed by atoms with Crippen molar-refractivity contribution in [1.29, 1.82) is 0 Å². The molecule has 0 radical (unpaired) electrons. The molecule has 26 heavy (non-hydrogen) atoms. The number of carbonyl (C=O) groups excluding carboxylic acids is 1. The highest BCUT2D eigenvalue weighted by Crippen LogP contribution is 2.15. The van der Waals surface area contributed by atoms with Gasteiger partial charge in [-0.1, -0.05) is 18.2 Å². The molecule has 1 aromatic carbocycles. The maximum atomic E-state index is 13.5. The predicted molar refractivity (Wildman–Crippen MR) is 104 cm³/mol. The van der Waals surface area contributed by atoms with Crippen LogP contribution in [0.25, 0.3) is 10.2 Å². The topological polar surface area (TPSA) is 64.0 Å². The Morgan fingerprint density at radius 3 is 3.00 bits per heavy atom. The molecule has 0 bridgehead atoms. The van der Waals surface area contributed by atoms with Crippen molar-refractivity contribution in [2.45, 2.75) is 18.7 Å². The Hall–Kier alpha value is -2.19. The molecule has 136 valence electrons. The number of rotatable bonds is 8. The van der Waals surface area contributed by atoms with Gasteiger partial charge in [-0.25, -0.2) is 9.37 Å². The van der Waals surface area contributed by atoms with Crippen LogP contribution in [0, 0.1) is 5.82 Å². The molecule has 1 N–H and O–H groups in total. The third-order valence-corrected chi connectivity index (χ3v) is 5.64. The monoisotopic (exact) mass is 391 g/mol. The van der Waals surface area contributed by atoms with Gasteiger partial charge in [-0.3, -0.25) is 14.2 Å². The minimum absolute atomic E-state index is 0.117. The highest BCUT2D eigenvalue weighted by Gasteiger charge is 2.07. The van der Waals surface area contributed by atoms with Crippen LogP contribution in [-0.2, 0) is 17.1 Å². The smallest absolute Gasteiger partial charge is 0.262 e. The molecular weight excluding hydrogens is 373 g/mol. The second-order valence-electron chi connectivity index (χ2n) is 5.63. The fourth-order valence-corrected chi connectivity index (χ4v) is 3.99. The second kappa shape index (κ2) is 8.95. The van der Waals surface area contributed by atoms with Gasteiger partial charge in [-0.05, 0) is 23.1 Å². The number of aryl methyl sites for hydroxylation is 1. The summed E-state index contributed by atoms with van der Waals surface area (Å²) < 4.78 is 14.9. The van der Waals surface area contributed by atoms with Crippen molar-refractivity contribution in [2.24, 2.45) is 0 Å². The first-order valence-electron chi connectivity index (χ1n) is 8.15. The first kappa shape index (κ1) is 18.6. The Morgan fingerprint density at radius 1 is 1.31 bits per heavy atom. The highest BCUT2D eigenvalue weighted by atomic mass is 32.2. The SMILES string of the molecule is O=C(CCn1cnc2sccc2c1=O)NCCSCc1ccccc1F. The molecule has 0 atom stereocenters. The number of carbonyl (C=O) groups is 1. The van der Waals surface area contributed by atoms with Gasteiger partial charge in [0.25, 0.3) is 5.56 Å². The summed E-state index contributed by atoms with van der Waals surface area (Å²) >= 11 is 2.98. The summed E-state index contributed by atoms with van der Waals surface area (Å²) in [4.78, 5) is 29.1. The molecule has 3 aromatic rings. The molecule has 0 saturated carbocycles. The second-order valence-corrected chi connectivity index (χ2v) is 7.63. The third kappa shape index (κ3) is 4.70. The lowest BCUT2D eigenvalue weighted by molar-refractivity contribution is -0.121. The Balaban J connectivity index is 1.38. The van der Waals surface area contributed by atoms with Gasteiger partial charge < -0.3 is 5.32 Å². The molecule has 8 heteroatoms. The van der Waals surface area contributed by atoms with E-state index in [4.69, 9.17) is 0 Å². The van der Waals surface area contributed by atoms with Crippen molar-refractivity contribution in [2.75, 3.05) is 12.3 Å². The quantitative estimate of drug-likeness (QED) is 0.600. The normalized spacial score (nSPS) is 11.0. The Bertz CT molecular complexity index is 955. The number of benzene rings is 1. The van der Waals surface area contributed by atoms with E-state index in [-0.39, 0.29) is 23.7 Å². The van der Waals surface area contributed by atoms with E-state index in [1.165, 1.54) is 28.3 Å². The van der Waals surface area contributed by atoms with Crippen LogP contribution < -0.4 is 10.9 Å². The van der Waals surface area contributed by atoms with Crippen LogP contribution in [0.4, 0.5) is 4.39 Å². The molecule has 0 aliphatic heterocycles. The van der Waals surface area contributed by atoms with E-state index >= 15 is 0 Å². The first-order chi connectivity index (χ1) is 12.6. The molecule has 2 aromatic heterocycles. The van der Waals surface area contributed by atoms with Crippen molar-refractivity contribution < 1.29 is 9.18 Å². The number of aromatic nitrogens is 2. The summed E-state index contributed by atoms with van der Waals surface area (Å²) in [6.07, 6.45) is 1.70. The van der Waals surface area contributed by atoms with Crippen LogP contribution in [0.3, 0.4) is 0 Å². The molecular formula is C18H18FN3O2S2. The average molecular weight is 391 g/mol. The maximum Gasteiger partial charge on any atom is 0.262 e. The number of hydrogen-bond acceptors (Lipinski definition) is 5. The van der Waals surface area contributed by atoms with Gasteiger partial charge in [0.2, 0.25) is 5.91 Å². The van der Waals surface area contributed by atoms with E-state index in [0.29, 0.717) is 40.4 Å². The number of thioether (sulfide) groups is 1. The summed E-state index contributed by atoms with van der Waals surface area (Å²) in [5, 5.41) is 5.23. The number of nitrogens with one attached hydrogen (secondary N) is 1. The van der Waals surface area contributed by atoms with Crippen molar-refractivity contribution in [1.82, 2.24) is 14.9 Å². The van der Waals surface area contributed by atoms with Crippen molar-refractivity contribution in [3.05, 3.63) is 63.8 Å². The molecule has 3 rings (SSSR count). The summed E-state index contributed by atoms with van der Waals surface area (Å²) in [5.74, 6) is 0.951. The van der Waals surface area contributed by atoms with Crippen LogP contribution in [0.5, 0.6) is 0 Å². The molecule has 0 aliphatic rings. The van der Waals surface area contributed by atoms with Gasteiger partial charge in [0, 0.05) is 31.0 Å². The molecule has 2 heterocycles. The van der Waals surface area contributed by atoms with Crippen LogP contribution in [0.1, 0.15) is 12.0 Å². The van der Waals surface area contributed by atoms with Gasteiger partial charge in [0.1, 0.15) is 10.6 Å². The van der Waals surface area contributed by atoms with E-state index < -0.39 is 0 Å². The number of fused-ring (bicyclic) bond motifs is 1. The van der Waals surface area contributed by atoms with E-state index in [1.807, 2.05) is 11.4 Å². The number of hydrogen-bond donors (Lipinski definition) is 1. The number of thiophene rings is 1. The Labute approximate surface area is 158 Å². The summed E-state index contributed by atoms with van der Waals surface area (Å²) in [6.45, 7) is 0.806. The van der Waals surface area contributed by atoms with Gasteiger partial charge in [0.15, 0.2) is 0 Å². The number of halogens is 1. The van der Waals surface area contributed by atoms with Gasteiger partial charge >= 0.3 is 0 Å².